The number of amides is 1. The lowest BCUT2D eigenvalue weighted by atomic mass is 9.68. The Morgan fingerprint density at radius 3 is 2.42 bits per heavy atom. The minimum absolute atomic E-state index is 0.114. The van der Waals surface area contributed by atoms with Gasteiger partial charge in [-0.25, -0.2) is 0 Å². The van der Waals surface area contributed by atoms with Crippen LogP contribution in [0.25, 0.3) is 0 Å². The lowest BCUT2D eigenvalue weighted by Gasteiger charge is -2.39. The van der Waals surface area contributed by atoms with Crippen molar-refractivity contribution in [3.63, 3.8) is 0 Å². The molecule has 5 heteroatoms. The van der Waals surface area contributed by atoms with Crippen LogP contribution < -0.4 is 5.32 Å². The van der Waals surface area contributed by atoms with E-state index in [4.69, 9.17) is 0 Å². The molecule has 1 amide bonds. The van der Waals surface area contributed by atoms with E-state index >= 15 is 0 Å². The molecule has 19 heavy (non-hydrogen) atoms. The zero-order valence-electron chi connectivity index (χ0n) is 11.5. The highest BCUT2D eigenvalue weighted by atomic mass is 16.2. The standard InChI is InChI=1S/C14H20N2O3/c1-13(2)9-3-4-14(13,11(18)10(9)17)12(19)16-7-5-15-6-8-16/h9,15H,3-8H2,1-2H3/t9-,14+/m1/s1. The molecule has 0 aromatic carbocycles. The zero-order valence-corrected chi connectivity index (χ0v) is 11.5. The maximum Gasteiger partial charge on any atom is 0.237 e. The third kappa shape index (κ3) is 1.37. The van der Waals surface area contributed by atoms with Crippen LogP contribution in [0.2, 0.25) is 0 Å². The van der Waals surface area contributed by atoms with Crippen LogP contribution in [0.1, 0.15) is 26.7 Å². The fraction of sp³-hybridized carbons (Fsp3) is 0.786. The van der Waals surface area contributed by atoms with Crippen molar-refractivity contribution in [3.05, 3.63) is 0 Å². The predicted molar refractivity (Wildman–Crippen MR) is 68.4 cm³/mol. The van der Waals surface area contributed by atoms with E-state index in [1.54, 1.807) is 4.90 Å². The second-order valence-corrected chi connectivity index (χ2v) is 6.45. The van der Waals surface area contributed by atoms with Crippen LogP contribution >= 0.6 is 0 Å². The van der Waals surface area contributed by atoms with Crippen LogP contribution in [0.4, 0.5) is 0 Å². The minimum Gasteiger partial charge on any atom is -0.339 e. The number of rotatable bonds is 1. The molecule has 0 radical (unpaired) electrons. The molecule has 3 fully saturated rings. The van der Waals surface area contributed by atoms with E-state index in [-0.39, 0.29) is 17.6 Å². The quantitative estimate of drug-likeness (QED) is 0.534. The van der Waals surface area contributed by atoms with E-state index in [0.717, 1.165) is 13.1 Å². The Bertz CT molecular complexity index is 465. The molecule has 0 aromatic rings. The number of fused-ring (bicyclic) bond motifs is 2. The third-order valence-corrected chi connectivity index (χ3v) is 5.48. The lowest BCUT2D eigenvalue weighted by molar-refractivity contribution is -0.155. The van der Waals surface area contributed by atoms with Crippen molar-refractivity contribution in [3.8, 4) is 0 Å². The predicted octanol–water partition coefficient (Wildman–Crippen LogP) is -0.00740. The molecule has 1 saturated heterocycles. The Morgan fingerprint density at radius 1 is 1.26 bits per heavy atom. The number of nitrogens with zero attached hydrogens (tertiary/aromatic N) is 1. The van der Waals surface area contributed by atoms with Crippen LogP contribution in [0.3, 0.4) is 0 Å². The molecule has 3 aliphatic rings. The average Bonchev–Trinajstić information content (AvgIpc) is 2.75. The summed E-state index contributed by atoms with van der Waals surface area (Å²) in [7, 11) is 0. The first kappa shape index (κ1) is 12.8. The summed E-state index contributed by atoms with van der Waals surface area (Å²) in [4.78, 5) is 39.1. The fourth-order valence-corrected chi connectivity index (χ4v) is 4.19. The maximum absolute atomic E-state index is 12.9. The Hall–Kier alpha value is -1.23. The van der Waals surface area contributed by atoms with Crippen LogP contribution in [0, 0.1) is 16.7 Å². The van der Waals surface area contributed by atoms with E-state index < -0.39 is 16.6 Å². The highest BCUT2D eigenvalue weighted by molar-refractivity contribution is 6.47. The molecule has 5 nitrogen and oxygen atoms in total. The van der Waals surface area contributed by atoms with E-state index in [9.17, 15) is 14.4 Å². The van der Waals surface area contributed by atoms with Crippen LogP contribution in [-0.4, -0.2) is 48.6 Å². The van der Waals surface area contributed by atoms with Gasteiger partial charge in [0.1, 0.15) is 5.41 Å². The SMILES string of the molecule is CC1(C)[C@@H]2CC[C@@]1(C(=O)N1CCNCC1)C(=O)C2=O. The van der Waals surface area contributed by atoms with Crippen molar-refractivity contribution in [1.29, 1.82) is 0 Å². The highest BCUT2D eigenvalue weighted by Gasteiger charge is 2.73. The molecule has 2 saturated carbocycles. The molecule has 3 rings (SSSR count). The van der Waals surface area contributed by atoms with Gasteiger partial charge in [0.15, 0.2) is 0 Å². The summed E-state index contributed by atoms with van der Waals surface area (Å²) in [5.74, 6) is -1.12. The van der Waals surface area contributed by atoms with E-state index in [0.29, 0.717) is 25.9 Å². The molecule has 2 aliphatic carbocycles. The van der Waals surface area contributed by atoms with Crippen LogP contribution in [0.5, 0.6) is 0 Å². The average molecular weight is 264 g/mol. The largest absolute Gasteiger partial charge is 0.339 e. The van der Waals surface area contributed by atoms with Crippen molar-refractivity contribution >= 4 is 17.5 Å². The van der Waals surface area contributed by atoms with Gasteiger partial charge in [0.05, 0.1) is 0 Å². The van der Waals surface area contributed by atoms with Gasteiger partial charge in [0, 0.05) is 32.1 Å². The summed E-state index contributed by atoms with van der Waals surface area (Å²) >= 11 is 0. The van der Waals surface area contributed by atoms with Gasteiger partial charge in [0.25, 0.3) is 0 Å². The summed E-state index contributed by atoms with van der Waals surface area (Å²) in [5.41, 5.74) is -1.60. The highest BCUT2D eigenvalue weighted by Crippen LogP contribution is 2.63. The number of carbonyl (C=O) groups excluding carboxylic acids is 3. The van der Waals surface area contributed by atoms with Gasteiger partial charge in [-0.15, -0.1) is 0 Å². The van der Waals surface area contributed by atoms with E-state index in [1.807, 2.05) is 13.8 Å². The summed E-state index contributed by atoms with van der Waals surface area (Å²) in [6.45, 7) is 6.59. The number of ketones is 2. The van der Waals surface area contributed by atoms with Gasteiger partial charge in [-0.05, 0) is 18.3 Å². The first-order valence-electron chi connectivity index (χ1n) is 7.01. The summed E-state index contributed by atoms with van der Waals surface area (Å²) in [5, 5.41) is 3.20. The summed E-state index contributed by atoms with van der Waals surface area (Å²) in [6, 6.07) is 0. The number of hydrogen-bond acceptors (Lipinski definition) is 4. The molecule has 1 N–H and O–H groups in total. The molecule has 2 bridgehead atoms. The van der Waals surface area contributed by atoms with Crippen molar-refractivity contribution < 1.29 is 14.4 Å². The second kappa shape index (κ2) is 3.88. The van der Waals surface area contributed by atoms with Crippen molar-refractivity contribution in [1.82, 2.24) is 10.2 Å². The van der Waals surface area contributed by atoms with Gasteiger partial charge < -0.3 is 10.2 Å². The monoisotopic (exact) mass is 264 g/mol. The molecule has 1 heterocycles. The van der Waals surface area contributed by atoms with Crippen LogP contribution in [0.15, 0.2) is 0 Å². The van der Waals surface area contributed by atoms with Crippen LogP contribution in [-0.2, 0) is 14.4 Å². The van der Waals surface area contributed by atoms with Crippen molar-refractivity contribution in [2.45, 2.75) is 26.7 Å². The lowest BCUT2D eigenvalue weighted by Crippen LogP contribution is -2.56. The molecule has 0 spiro atoms. The topological polar surface area (TPSA) is 66.5 Å². The number of carbonyl (C=O) groups is 3. The number of nitrogens with one attached hydrogen (secondary N) is 1. The zero-order chi connectivity index (χ0) is 13.8. The molecular weight excluding hydrogens is 244 g/mol. The Kier molecular flexibility index (Phi) is 2.61. The van der Waals surface area contributed by atoms with Crippen molar-refractivity contribution in [2.75, 3.05) is 26.2 Å². The first-order valence-corrected chi connectivity index (χ1v) is 7.01. The Balaban J connectivity index is 1.99. The molecule has 0 unspecified atom stereocenters. The Morgan fingerprint density at radius 2 is 1.89 bits per heavy atom. The van der Waals surface area contributed by atoms with E-state index in [2.05, 4.69) is 5.32 Å². The fourth-order valence-electron chi connectivity index (χ4n) is 4.19. The summed E-state index contributed by atoms with van der Waals surface area (Å²) in [6.07, 6.45) is 1.22. The maximum atomic E-state index is 12.9. The van der Waals surface area contributed by atoms with Gasteiger partial charge in [-0.2, -0.15) is 0 Å². The molecule has 1 aliphatic heterocycles. The smallest absolute Gasteiger partial charge is 0.237 e. The Labute approximate surface area is 112 Å². The molecule has 0 aromatic heterocycles. The number of piperazine rings is 1. The van der Waals surface area contributed by atoms with Gasteiger partial charge >= 0.3 is 0 Å². The molecular formula is C14H20N2O3. The number of hydrogen-bond donors (Lipinski definition) is 1. The summed E-state index contributed by atoms with van der Waals surface area (Å²) < 4.78 is 0. The normalized spacial score (nSPS) is 36.9. The van der Waals surface area contributed by atoms with Gasteiger partial charge in [0.2, 0.25) is 17.5 Å². The third-order valence-electron chi connectivity index (χ3n) is 5.48. The molecule has 2 atom stereocenters. The molecule has 104 valence electrons. The van der Waals surface area contributed by atoms with Crippen molar-refractivity contribution in [2.24, 2.45) is 16.7 Å². The first-order chi connectivity index (χ1) is 8.93. The van der Waals surface area contributed by atoms with Gasteiger partial charge in [-0.3, -0.25) is 14.4 Å². The minimum atomic E-state index is -1.08. The second-order valence-electron chi connectivity index (χ2n) is 6.45. The number of Topliss-reactive ketones (excluding diaryl/α,β-unsaturated/α-hetero) is 2. The van der Waals surface area contributed by atoms with E-state index in [1.165, 1.54) is 0 Å². The van der Waals surface area contributed by atoms with Gasteiger partial charge in [-0.1, -0.05) is 13.8 Å².